The smallest absolute Gasteiger partial charge is 0.201 e. The van der Waals surface area contributed by atoms with Gasteiger partial charge in [0.05, 0.1) is 25.3 Å². The van der Waals surface area contributed by atoms with E-state index in [1.165, 1.54) is 12.8 Å². The van der Waals surface area contributed by atoms with Gasteiger partial charge in [0, 0.05) is 18.2 Å². The molecule has 3 rings (SSSR count). The predicted octanol–water partition coefficient (Wildman–Crippen LogP) is 3.39. The summed E-state index contributed by atoms with van der Waals surface area (Å²) in [6.07, 6.45) is 4.87. The van der Waals surface area contributed by atoms with E-state index in [4.69, 9.17) is 15.2 Å². The number of nitrogens with zero attached hydrogens (tertiary/aromatic N) is 2. The van der Waals surface area contributed by atoms with Gasteiger partial charge in [-0.05, 0) is 18.8 Å². The topological polar surface area (TPSA) is 62.3 Å². The van der Waals surface area contributed by atoms with Gasteiger partial charge in [-0.3, -0.25) is 0 Å². The maximum atomic E-state index is 6.18. The minimum Gasteiger partial charge on any atom is -0.493 e. The summed E-state index contributed by atoms with van der Waals surface area (Å²) in [5.41, 5.74) is 8.08. The van der Waals surface area contributed by atoms with Crippen LogP contribution in [0.2, 0.25) is 0 Å². The number of ether oxygens (including phenoxy) is 2. The van der Waals surface area contributed by atoms with Crippen LogP contribution in [0.25, 0.3) is 11.0 Å². The van der Waals surface area contributed by atoms with Crippen LogP contribution in [0, 0.1) is 5.92 Å². The van der Waals surface area contributed by atoms with Crippen molar-refractivity contribution in [3.05, 3.63) is 12.1 Å². The molecular formula is C16H23N3O2. The van der Waals surface area contributed by atoms with Crippen molar-refractivity contribution in [1.82, 2.24) is 9.55 Å². The van der Waals surface area contributed by atoms with E-state index in [2.05, 4.69) is 16.5 Å². The molecule has 1 aliphatic carbocycles. The largest absolute Gasteiger partial charge is 0.493 e. The van der Waals surface area contributed by atoms with Gasteiger partial charge in [0.15, 0.2) is 11.5 Å². The van der Waals surface area contributed by atoms with Gasteiger partial charge in [-0.15, -0.1) is 0 Å². The van der Waals surface area contributed by atoms with Gasteiger partial charge in [-0.2, -0.15) is 0 Å². The van der Waals surface area contributed by atoms with E-state index >= 15 is 0 Å². The fourth-order valence-electron chi connectivity index (χ4n) is 3.46. The van der Waals surface area contributed by atoms with E-state index in [1.54, 1.807) is 14.2 Å². The van der Waals surface area contributed by atoms with E-state index in [0.717, 1.165) is 35.5 Å². The Morgan fingerprint density at radius 3 is 2.57 bits per heavy atom. The van der Waals surface area contributed by atoms with Crippen LogP contribution in [0.3, 0.4) is 0 Å². The molecule has 1 aromatic carbocycles. The number of aromatic nitrogens is 2. The van der Waals surface area contributed by atoms with Crippen molar-refractivity contribution in [1.29, 1.82) is 0 Å². The predicted molar refractivity (Wildman–Crippen MR) is 83.9 cm³/mol. The third-order valence-electron chi connectivity index (χ3n) is 4.50. The highest BCUT2D eigenvalue weighted by atomic mass is 16.5. The van der Waals surface area contributed by atoms with Crippen LogP contribution in [0.15, 0.2) is 12.1 Å². The second-order valence-corrected chi connectivity index (χ2v) is 5.96. The van der Waals surface area contributed by atoms with Gasteiger partial charge in [0.1, 0.15) is 0 Å². The molecule has 0 saturated heterocycles. The van der Waals surface area contributed by atoms with Crippen molar-refractivity contribution in [2.75, 3.05) is 20.0 Å². The molecule has 0 amide bonds. The SMILES string of the molecule is COc1cc2nc(N)n(C3CCCC(C)C3)c2cc1OC. The molecule has 2 N–H and O–H groups in total. The molecule has 0 radical (unpaired) electrons. The van der Waals surface area contributed by atoms with Gasteiger partial charge in [-0.1, -0.05) is 19.8 Å². The number of methoxy groups -OCH3 is 2. The lowest BCUT2D eigenvalue weighted by atomic mass is 9.87. The lowest BCUT2D eigenvalue weighted by molar-refractivity contribution is 0.289. The quantitative estimate of drug-likeness (QED) is 0.940. The molecule has 0 aliphatic heterocycles. The van der Waals surface area contributed by atoms with E-state index in [9.17, 15) is 0 Å². The zero-order valence-corrected chi connectivity index (χ0v) is 12.9. The van der Waals surface area contributed by atoms with Crippen molar-refractivity contribution >= 4 is 17.0 Å². The lowest BCUT2D eigenvalue weighted by Gasteiger charge is -2.29. The molecule has 1 heterocycles. The fourth-order valence-corrected chi connectivity index (χ4v) is 3.46. The van der Waals surface area contributed by atoms with Crippen LogP contribution in [-0.2, 0) is 0 Å². The van der Waals surface area contributed by atoms with Crippen LogP contribution in [0.1, 0.15) is 38.6 Å². The van der Waals surface area contributed by atoms with Gasteiger partial charge >= 0.3 is 0 Å². The molecule has 2 aromatic rings. The molecule has 5 nitrogen and oxygen atoms in total. The van der Waals surface area contributed by atoms with Gasteiger partial charge in [-0.25, -0.2) is 4.98 Å². The molecule has 2 atom stereocenters. The third-order valence-corrected chi connectivity index (χ3v) is 4.50. The van der Waals surface area contributed by atoms with E-state index < -0.39 is 0 Å². The van der Waals surface area contributed by atoms with Gasteiger partial charge in [0.2, 0.25) is 5.95 Å². The molecule has 5 heteroatoms. The average molecular weight is 289 g/mol. The molecule has 21 heavy (non-hydrogen) atoms. The molecule has 2 unspecified atom stereocenters. The Bertz CT molecular complexity index is 650. The van der Waals surface area contributed by atoms with Crippen molar-refractivity contribution in [3.8, 4) is 11.5 Å². The number of imidazole rings is 1. The summed E-state index contributed by atoms with van der Waals surface area (Å²) < 4.78 is 12.9. The number of benzene rings is 1. The molecule has 1 fully saturated rings. The van der Waals surface area contributed by atoms with Crippen molar-refractivity contribution < 1.29 is 9.47 Å². The molecule has 114 valence electrons. The molecule has 0 spiro atoms. The fraction of sp³-hybridized carbons (Fsp3) is 0.562. The van der Waals surface area contributed by atoms with Gasteiger partial charge in [0.25, 0.3) is 0 Å². The Morgan fingerprint density at radius 2 is 1.90 bits per heavy atom. The summed E-state index contributed by atoms with van der Waals surface area (Å²) in [5.74, 6) is 2.72. The van der Waals surface area contributed by atoms with Crippen LogP contribution in [0.4, 0.5) is 5.95 Å². The zero-order chi connectivity index (χ0) is 15.0. The Balaban J connectivity index is 2.11. The minimum atomic E-state index is 0.428. The standard InChI is InChI=1S/C16H23N3O2/c1-10-5-4-6-11(7-10)19-13-9-15(21-3)14(20-2)8-12(13)18-16(19)17/h8-11H,4-7H2,1-3H3,(H2,17,18). The first-order chi connectivity index (χ1) is 10.1. The summed E-state index contributed by atoms with van der Waals surface area (Å²) in [5, 5.41) is 0. The second kappa shape index (κ2) is 5.47. The molecule has 1 aliphatic rings. The highest BCUT2D eigenvalue weighted by Crippen LogP contribution is 2.39. The van der Waals surface area contributed by atoms with E-state index in [-0.39, 0.29) is 0 Å². The molecule has 1 aromatic heterocycles. The van der Waals surface area contributed by atoms with E-state index in [0.29, 0.717) is 17.7 Å². The maximum absolute atomic E-state index is 6.18. The Labute approximate surface area is 125 Å². The number of anilines is 1. The van der Waals surface area contributed by atoms with Crippen LogP contribution < -0.4 is 15.2 Å². The van der Waals surface area contributed by atoms with Crippen molar-refractivity contribution in [2.24, 2.45) is 5.92 Å². The summed E-state index contributed by atoms with van der Waals surface area (Å²) in [4.78, 5) is 4.50. The second-order valence-electron chi connectivity index (χ2n) is 5.96. The number of hydrogen-bond donors (Lipinski definition) is 1. The highest BCUT2D eigenvalue weighted by molar-refractivity contribution is 5.82. The van der Waals surface area contributed by atoms with Crippen LogP contribution >= 0.6 is 0 Å². The first-order valence-corrected chi connectivity index (χ1v) is 7.53. The number of rotatable bonds is 3. The monoisotopic (exact) mass is 289 g/mol. The van der Waals surface area contributed by atoms with Crippen LogP contribution in [0.5, 0.6) is 11.5 Å². The first kappa shape index (κ1) is 14.0. The molecule has 0 bridgehead atoms. The van der Waals surface area contributed by atoms with Crippen molar-refractivity contribution in [3.63, 3.8) is 0 Å². The summed E-state index contributed by atoms with van der Waals surface area (Å²) >= 11 is 0. The van der Waals surface area contributed by atoms with Gasteiger partial charge < -0.3 is 19.8 Å². The summed E-state index contributed by atoms with van der Waals surface area (Å²) in [7, 11) is 3.28. The number of nitrogen functional groups attached to an aromatic ring is 1. The highest BCUT2D eigenvalue weighted by Gasteiger charge is 2.24. The average Bonchev–Trinajstić information content (AvgIpc) is 2.80. The zero-order valence-electron chi connectivity index (χ0n) is 12.9. The Hall–Kier alpha value is -1.91. The third kappa shape index (κ3) is 2.41. The molecule has 1 saturated carbocycles. The summed E-state index contributed by atoms with van der Waals surface area (Å²) in [6.45, 7) is 2.31. The Morgan fingerprint density at radius 1 is 1.19 bits per heavy atom. The number of hydrogen-bond acceptors (Lipinski definition) is 4. The summed E-state index contributed by atoms with van der Waals surface area (Å²) in [6, 6.07) is 4.31. The minimum absolute atomic E-state index is 0.428. The van der Waals surface area contributed by atoms with Crippen LogP contribution in [-0.4, -0.2) is 23.8 Å². The number of nitrogens with two attached hydrogens (primary N) is 1. The Kier molecular flexibility index (Phi) is 3.66. The maximum Gasteiger partial charge on any atom is 0.201 e. The number of fused-ring (bicyclic) bond motifs is 1. The molecular weight excluding hydrogens is 266 g/mol. The van der Waals surface area contributed by atoms with Crippen molar-refractivity contribution in [2.45, 2.75) is 38.6 Å². The normalized spacial score (nSPS) is 22.4. The van der Waals surface area contributed by atoms with E-state index in [1.807, 2.05) is 12.1 Å². The first-order valence-electron chi connectivity index (χ1n) is 7.53. The lowest BCUT2D eigenvalue weighted by Crippen LogP contribution is -2.19.